The Morgan fingerprint density at radius 1 is 1.21 bits per heavy atom. The molecule has 11 nitrogen and oxygen atoms in total. The van der Waals surface area contributed by atoms with E-state index in [9.17, 15) is 23.3 Å². The Morgan fingerprint density at radius 2 is 1.91 bits per heavy atom. The van der Waals surface area contributed by atoms with E-state index in [1.54, 1.807) is 60.5 Å². The number of anilines is 1. The van der Waals surface area contributed by atoms with Crippen LogP contribution >= 0.6 is 0 Å². The predicted octanol–water partition coefficient (Wildman–Crippen LogP) is 2.57. The highest BCUT2D eigenvalue weighted by Crippen LogP contribution is 2.27. The number of nitro groups is 1. The van der Waals surface area contributed by atoms with Crippen molar-refractivity contribution in [3.05, 3.63) is 68.7 Å². The van der Waals surface area contributed by atoms with Gasteiger partial charge in [0.25, 0.3) is 5.91 Å². The standard InChI is InChI=1S/C21H24N6O5S/c1-13-10-19(26(23-13)18-8-9-33(31,32)12-18)22-21(28)17-6-4-16(5-7-17)11-25-15(3)20(27(29)30)14(2)24-25/h4-7,10,18H,8-9,11-12H2,1-3H3,(H,22,28). The Balaban J connectivity index is 1.48. The second-order valence-corrected chi connectivity index (χ2v) is 10.5. The molecule has 1 N–H and O–H groups in total. The lowest BCUT2D eigenvalue weighted by atomic mass is 10.1. The molecule has 1 amide bonds. The van der Waals surface area contributed by atoms with Crippen LogP contribution in [0.4, 0.5) is 11.5 Å². The Hall–Kier alpha value is -3.54. The fourth-order valence-corrected chi connectivity index (χ4v) is 5.78. The number of hydrogen-bond acceptors (Lipinski definition) is 7. The Morgan fingerprint density at radius 3 is 2.48 bits per heavy atom. The number of nitrogens with one attached hydrogen (secondary N) is 1. The molecule has 0 aliphatic carbocycles. The zero-order valence-electron chi connectivity index (χ0n) is 18.5. The van der Waals surface area contributed by atoms with Gasteiger partial charge in [-0.2, -0.15) is 10.2 Å². The number of aromatic nitrogens is 4. The quantitative estimate of drug-likeness (QED) is 0.429. The van der Waals surface area contributed by atoms with Gasteiger partial charge in [0.15, 0.2) is 9.84 Å². The summed E-state index contributed by atoms with van der Waals surface area (Å²) in [5.74, 6) is 0.240. The number of carbonyl (C=O) groups is 1. The van der Waals surface area contributed by atoms with Crippen molar-refractivity contribution in [3.8, 4) is 0 Å². The van der Waals surface area contributed by atoms with Crippen LogP contribution in [-0.2, 0) is 16.4 Å². The third-order valence-corrected chi connectivity index (χ3v) is 7.48. The second kappa shape index (κ2) is 8.43. The van der Waals surface area contributed by atoms with Crippen molar-refractivity contribution < 1.29 is 18.1 Å². The number of benzene rings is 1. The van der Waals surface area contributed by atoms with E-state index in [0.29, 0.717) is 41.4 Å². The van der Waals surface area contributed by atoms with Crippen LogP contribution in [0.5, 0.6) is 0 Å². The second-order valence-electron chi connectivity index (χ2n) is 8.26. The molecule has 1 unspecified atom stereocenters. The van der Waals surface area contributed by atoms with Crippen LogP contribution in [-0.4, -0.2) is 50.3 Å². The molecular formula is C21H24N6O5S. The molecule has 12 heteroatoms. The zero-order valence-corrected chi connectivity index (χ0v) is 19.3. The van der Waals surface area contributed by atoms with Gasteiger partial charge in [0.2, 0.25) is 0 Å². The van der Waals surface area contributed by atoms with Crippen LogP contribution in [0.15, 0.2) is 30.3 Å². The SMILES string of the molecule is Cc1cc(NC(=O)c2ccc(Cn3nc(C)c([N+](=O)[O-])c3C)cc2)n(C2CCS(=O)(=O)C2)n1. The molecule has 0 saturated carbocycles. The van der Waals surface area contributed by atoms with E-state index in [0.717, 1.165) is 5.56 Å². The van der Waals surface area contributed by atoms with E-state index in [1.807, 2.05) is 0 Å². The number of sulfone groups is 1. The van der Waals surface area contributed by atoms with E-state index in [-0.39, 0.29) is 29.1 Å². The number of hydrogen-bond donors (Lipinski definition) is 1. The molecule has 1 aromatic carbocycles. The average Bonchev–Trinajstić information content (AvgIpc) is 3.37. The van der Waals surface area contributed by atoms with Gasteiger partial charge in [-0.3, -0.25) is 19.6 Å². The zero-order chi connectivity index (χ0) is 23.9. The summed E-state index contributed by atoms with van der Waals surface area (Å²) in [4.78, 5) is 23.6. The third-order valence-electron chi connectivity index (χ3n) is 5.73. The highest BCUT2D eigenvalue weighted by Gasteiger charge is 2.31. The van der Waals surface area contributed by atoms with Crippen molar-refractivity contribution in [3.63, 3.8) is 0 Å². The molecule has 0 bridgehead atoms. The van der Waals surface area contributed by atoms with Gasteiger partial charge in [-0.15, -0.1) is 0 Å². The maximum absolute atomic E-state index is 12.8. The van der Waals surface area contributed by atoms with Crippen LogP contribution in [0.1, 0.15) is 45.5 Å². The van der Waals surface area contributed by atoms with Gasteiger partial charge >= 0.3 is 5.69 Å². The number of nitrogens with zero attached hydrogens (tertiary/aromatic N) is 5. The lowest BCUT2D eigenvalue weighted by molar-refractivity contribution is -0.386. The number of aryl methyl sites for hydroxylation is 2. The average molecular weight is 473 g/mol. The maximum atomic E-state index is 12.8. The topological polar surface area (TPSA) is 142 Å². The normalized spacial score (nSPS) is 17.2. The molecule has 0 spiro atoms. The monoisotopic (exact) mass is 472 g/mol. The fourth-order valence-electron chi connectivity index (χ4n) is 4.09. The highest BCUT2D eigenvalue weighted by molar-refractivity contribution is 7.91. The van der Waals surface area contributed by atoms with Crippen LogP contribution in [0.2, 0.25) is 0 Å². The van der Waals surface area contributed by atoms with Gasteiger partial charge in [0.1, 0.15) is 17.2 Å². The Labute approximate surface area is 190 Å². The van der Waals surface area contributed by atoms with Crippen molar-refractivity contribution in [2.75, 3.05) is 16.8 Å². The van der Waals surface area contributed by atoms with Crippen LogP contribution in [0, 0.1) is 30.9 Å². The molecule has 0 radical (unpaired) electrons. The summed E-state index contributed by atoms with van der Waals surface area (Å²) < 4.78 is 26.8. The first-order chi connectivity index (χ1) is 15.5. The number of carbonyl (C=O) groups excluding carboxylic acids is 1. The molecule has 1 atom stereocenters. The van der Waals surface area contributed by atoms with Gasteiger partial charge in [0, 0.05) is 11.6 Å². The van der Waals surface area contributed by atoms with Crippen molar-refractivity contribution in [2.45, 2.75) is 39.8 Å². The summed E-state index contributed by atoms with van der Waals surface area (Å²) in [5.41, 5.74) is 2.77. The van der Waals surface area contributed by atoms with Gasteiger partial charge in [-0.25, -0.2) is 13.1 Å². The minimum absolute atomic E-state index is 0.00738. The van der Waals surface area contributed by atoms with Gasteiger partial charge in [-0.1, -0.05) is 12.1 Å². The van der Waals surface area contributed by atoms with Crippen LogP contribution < -0.4 is 5.32 Å². The summed E-state index contributed by atoms with van der Waals surface area (Å²) in [6.45, 7) is 5.38. The molecule has 174 valence electrons. The molecule has 1 aliphatic rings. The van der Waals surface area contributed by atoms with E-state index in [4.69, 9.17) is 0 Å². The largest absolute Gasteiger partial charge is 0.312 e. The predicted molar refractivity (Wildman–Crippen MR) is 121 cm³/mol. The molecule has 4 rings (SSSR count). The molecule has 33 heavy (non-hydrogen) atoms. The molecule has 1 aliphatic heterocycles. The van der Waals surface area contributed by atoms with Crippen molar-refractivity contribution in [2.24, 2.45) is 0 Å². The first kappa shape index (κ1) is 22.6. The van der Waals surface area contributed by atoms with Crippen molar-refractivity contribution in [1.82, 2.24) is 19.6 Å². The lowest BCUT2D eigenvalue weighted by Gasteiger charge is -2.14. The fraction of sp³-hybridized carbons (Fsp3) is 0.381. The van der Waals surface area contributed by atoms with Crippen LogP contribution in [0.25, 0.3) is 0 Å². The first-order valence-corrected chi connectivity index (χ1v) is 12.2. The third kappa shape index (κ3) is 4.65. The van der Waals surface area contributed by atoms with E-state index in [2.05, 4.69) is 15.5 Å². The van der Waals surface area contributed by atoms with Gasteiger partial charge < -0.3 is 5.32 Å². The summed E-state index contributed by atoms with van der Waals surface area (Å²) in [5, 5.41) is 22.6. The van der Waals surface area contributed by atoms with E-state index >= 15 is 0 Å². The summed E-state index contributed by atoms with van der Waals surface area (Å²) >= 11 is 0. The smallest absolute Gasteiger partial charge is 0.307 e. The molecule has 1 fully saturated rings. The minimum atomic E-state index is -3.09. The van der Waals surface area contributed by atoms with Crippen molar-refractivity contribution in [1.29, 1.82) is 0 Å². The van der Waals surface area contributed by atoms with Crippen LogP contribution in [0.3, 0.4) is 0 Å². The number of rotatable bonds is 6. The molecular weight excluding hydrogens is 448 g/mol. The summed E-state index contributed by atoms with van der Waals surface area (Å²) in [6, 6.07) is 8.28. The summed E-state index contributed by atoms with van der Waals surface area (Å²) in [6.07, 6.45) is 0.464. The summed E-state index contributed by atoms with van der Waals surface area (Å²) in [7, 11) is -3.09. The van der Waals surface area contributed by atoms with E-state index in [1.165, 1.54) is 0 Å². The molecule has 3 heterocycles. The lowest BCUT2D eigenvalue weighted by Crippen LogP contribution is -2.19. The first-order valence-electron chi connectivity index (χ1n) is 10.4. The van der Waals surface area contributed by atoms with Gasteiger partial charge in [0.05, 0.1) is 34.7 Å². The van der Waals surface area contributed by atoms with Gasteiger partial charge in [-0.05, 0) is 44.9 Å². The van der Waals surface area contributed by atoms with E-state index < -0.39 is 14.8 Å². The maximum Gasteiger partial charge on any atom is 0.312 e. The molecule has 3 aromatic rings. The Kier molecular flexibility index (Phi) is 5.78. The van der Waals surface area contributed by atoms with Crippen molar-refractivity contribution >= 4 is 27.2 Å². The molecule has 2 aromatic heterocycles. The molecule has 1 saturated heterocycles. The minimum Gasteiger partial charge on any atom is -0.307 e. The number of amides is 1. The highest BCUT2D eigenvalue weighted by atomic mass is 32.2. The Bertz CT molecular complexity index is 1340.